The van der Waals surface area contributed by atoms with Gasteiger partial charge in [0.05, 0.1) is 12.6 Å². The standard InChI is InChI=1S/C22H23N3O3/c1-17(18-9-5-3-6-10-18)24(2)22(27)20-13-14-21(26)25(23-20)15-16-28-19-11-7-4-8-12-19/h3-14,17H,15-16H2,1-2H3. The second-order valence-corrected chi connectivity index (χ2v) is 6.44. The van der Waals surface area contributed by atoms with E-state index in [1.807, 2.05) is 67.6 Å². The van der Waals surface area contributed by atoms with E-state index in [1.54, 1.807) is 11.9 Å². The maximum atomic E-state index is 12.8. The van der Waals surface area contributed by atoms with Crippen LogP contribution in [0, 0.1) is 0 Å². The molecule has 144 valence electrons. The van der Waals surface area contributed by atoms with E-state index in [1.165, 1.54) is 16.8 Å². The van der Waals surface area contributed by atoms with Crippen molar-refractivity contribution in [3.05, 3.63) is 94.4 Å². The van der Waals surface area contributed by atoms with E-state index in [0.717, 1.165) is 11.3 Å². The lowest BCUT2D eigenvalue weighted by Crippen LogP contribution is -2.33. The Balaban J connectivity index is 1.69. The van der Waals surface area contributed by atoms with Crippen LogP contribution in [0.4, 0.5) is 0 Å². The Labute approximate surface area is 164 Å². The molecule has 1 aromatic heterocycles. The fourth-order valence-corrected chi connectivity index (χ4v) is 2.80. The molecule has 0 radical (unpaired) electrons. The van der Waals surface area contributed by atoms with E-state index < -0.39 is 0 Å². The Hall–Kier alpha value is -3.41. The summed E-state index contributed by atoms with van der Waals surface area (Å²) >= 11 is 0. The van der Waals surface area contributed by atoms with Crippen molar-refractivity contribution >= 4 is 5.91 Å². The minimum absolute atomic E-state index is 0.114. The van der Waals surface area contributed by atoms with E-state index in [9.17, 15) is 9.59 Å². The molecule has 1 heterocycles. The van der Waals surface area contributed by atoms with Gasteiger partial charge in [0.25, 0.3) is 11.5 Å². The molecule has 0 bridgehead atoms. The van der Waals surface area contributed by atoms with Crippen molar-refractivity contribution in [2.75, 3.05) is 13.7 Å². The number of aromatic nitrogens is 2. The molecule has 1 amide bonds. The number of hydrogen-bond acceptors (Lipinski definition) is 4. The number of benzene rings is 2. The van der Waals surface area contributed by atoms with Gasteiger partial charge in [-0.05, 0) is 30.7 Å². The third kappa shape index (κ3) is 4.65. The summed E-state index contributed by atoms with van der Waals surface area (Å²) in [6, 6.07) is 21.8. The van der Waals surface area contributed by atoms with Crippen molar-refractivity contribution in [3.8, 4) is 5.75 Å². The third-order valence-electron chi connectivity index (χ3n) is 4.58. The van der Waals surface area contributed by atoms with Crippen LogP contribution in [0.25, 0.3) is 0 Å². The summed E-state index contributed by atoms with van der Waals surface area (Å²) in [4.78, 5) is 26.5. The highest BCUT2D eigenvalue weighted by atomic mass is 16.5. The van der Waals surface area contributed by atoms with Gasteiger partial charge < -0.3 is 9.64 Å². The van der Waals surface area contributed by atoms with Crippen molar-refractivity contribution in [1.29, 1.82) is 0 Å². The molecule has 0 aliphatic carbocycles. The van der Waals surface area contributed by atoms with Gasteiger partial charge in [-0.1, -0.05) is 48.5 Å². The first kappa shape index (κ1) is 19.4. The van der Waals surface area contributed by atoms with Gasteiger partial charge in [-0.25, -0.2) is 4.68 Å². The molecule has 3 rings (SSSR count). The molecule has 0 saturated carbocycles. The molecule has 0 aliphatic rings. The largest absolute Gasteiger partial charge is 0.492 e. The SMILES string of the molecule is CC(c1ccccc1)N(C)C(=O)c1ccc(=O)n(CCOc2ccccc2)n1. The number of carbonyl (C=O) groups excluding carboxylic acids is 1. The molecule has 0 N–H and O–H groups in total. The van der Waals surface area contributed by atoms with E-state index >= 15 is 0 Å². The van der Waals surface area contributed by atoms with Crippen molar-refractivity contribution < 1.29 is 9.53 Å². The van der Waals surface area contributed by atoms with Crippen LogP contribution >= 0.6 is 0 Å². The van der Waals surface area contributed by atoms with Crippen LogP contribution in [0.3, 0.4) is 0 Å². The molecule has 1 unspecified atom stereocenters. The van der Waals surface area contributed by atoms with Crippen LogP contribution in [-0.2, 0) is 6.54 Å². The van der Waals surface area contributed by atoms with Gasteiger partial charge in [0.1, 0.15) is 18.1 Å². The zero-order valence-electron chi connectivity index (χ0n) is 16.0. The van der Waals surface area contributed by atoms with Crippen LogP contribution in [-0.4, -0.2) is 34.2 Å². The predicted molar refractivity (Wildman–Crippen MR) is 107 cm³/mol. The zero-order chi connectivity index (χ0) is 19.9. The first-order chi connectivity index (χ1) is 13.6. The van der Waals surface area contributed by atoms with Crippen LogP contribution in [0.15, 0.2) is 77.6 Å². The summed E-state index contributed by atoms with van der Waals surface area (Å²) < 4.78 is 6.87. The number of carbonyl (C=O) groups is 1. The lowest BCUT2D eigenvalue weighted by molar-refractivity contribution is 0.0733. The van der Waals surface area contributed by atoms with Gasteiger partial charge in [-0.3, -0.25) is 9.59 Å². The highest BCUT2D eigenvalue weighted by Crippen LogP contribution is 2.19. The Morgan fingerprint density at radius 3 is 2.36 bits per heavy atom. The predicted octanol–water partition coefficient (Wildman–Crippen LogP) is 3.16. The number of amides is 1. The third-order valence-corrected chi connectivity index (χ3v) is 4.58. The highest BCUT2D eigenvalue weighted by Gasteiger charge is 2.20. The van der Waals surface area contributed by atoms with Crippen LogP contribution in [0.2, 0.25) is 0 Å². The van der Waals surface area contributed by atoms with Crippen molar-refractivity contribution in [3.63, 3.8) is 0 Å². The van der Waals surface area contributed by atoms with Crippen molar-refractivity contribution in [1.82, 2.24) is 14.7 Å². The van der Waals surface area contributed by atoms with Crippen LogP contribution in [0.1, 0.15) is 29.0 Å². The average molecular weight is 377 g/mol. The maximum Gasteiger partial charge on any atom is 0.274 e. The number of rotatable bonds is 7. The minimum atomic E-state index is -0.271. The quantitative estimate of drug-likeness (QED) is 0.634. The minimum Gasteiger partial charge on any atom is -0.492 e. The summed E-state index contributed by atoms with van der Waals surface area (Å²) in [7, 11) is 1.73. The van der Waals surface area contributed by atoms with Crippen LogP contribution in [0.5, 0.6) is 5.75 Å². The van der Waals surface area contributed by atoms with Gasteiger partial charge in [-0.15, -0.1) is 0 Å². The van der Waals surface area contributed by atoms with Gasteiger partial charge >= 0.3 is 0 Å². The molecular weight excluding hydrogens is 354 g/mol. The van der Waals surface area contributed by atoms with E-state index in [-0.39, 0.29) is 36.4 Å². The highest BCUT2D eigenvalue weighted by molar-refractivity contribution is 5.92. The molecule has 0 aliphatic heterocycles. The van der Waals surface area contributed by atoms with Gasteiger partial charge in [0, 0.05) is 13.1 Å². The number of para-hydroxylation sites is 1. The molecule has 6 nitrogen and oxygen atoms in total. The zero-order valence-corrected chi connectivity index (χ0v) is 16.0. The second-order valence-electron chi connectivity index (χ2n) is 6.44. The fraction of sp³-hybridized carbons (Fsp3) is 0.227. The average Bonchev–Trinajstić information content (AvgIpc) is 2.75. The van der Waals surface area contributed by atoms with E-state index in [4.69, 9.17) is 4.74 Å². The summed E-state index contributed by atoms with van der Waals surface area (Å²) in [5.74, 6) is 0.480. The van der Waals surface area contributed by atoms with Gasteiger partial charge in [0.15, 0.2) is 0 Å². The molecule has 3 aromatic rings. The summed E-state index contributed by atoms with van der Waals surface area (Å²) in [6.07, 6.45) is 0. The summed E-state index contributed by atoms with van der Waals surface area (Å²) in [5, 5.41) is 4.23. The smallest absolute Gasteiger partial charge is 0.274 e. The summed E-state index contributed by atoms with van der Waals surface area (Å²) in [5.41, 5.74) is 0.986. The Kier molecular flexibility index (Phi) is 6.22. The molecule has 2 aromatic carbocycles. The molecule has 0 spiro atoms. The molecule has 28 heavy (non-hydrogen) atoms. The van der Waals surface area contributed by atoms with E-state index in [0.29, 0.717) is 0 Å². The second kappa shape index (κ2) is 8.99. The lowest BCUT2D eigenvalue weighted by Gasteiger charge is -2.25. The number of hydrogen-bond donors (Lipinski definition) is 0. The normalized spacial score (nSPS) is 11.6. The monoisotopic (exact) mass is 377 g/mol. The Morgan fingerprint density at radius 2 is 1.68 bits per heavy atom. The van der Waals surface area contributed by atoms with Crippen molar-refractivity contribution in [2.45, 2.75) is 19.5 Å². The molecule has 0 saturated heterocycles. The molecule has 6 heteroatoms. The molecule has 1 atom stereocenters. The van der Waals surface area contributed by atoms with Crippen LogP contribution < -0.4 is 10.3 Å². The Bertz CT molecular complexity index is 971. The molecule has 0 fully saturated rings. The molecular formula is C22H23N3O3. The number of nitrogens with zero attached hydrogens (tertiary/aromatic N) is 3. The Morgan fingerprint density at radius 1 is 1.04 bits per heavy atom. The maximum absolute atomic E-state index is 12.8. The first-order valence-corrected chi connectivity index (χ1v) is 9.14. The fourth-order valence-electron chi connectivity index (χ4n) is 2.80. The van der Waals surface area contributed by atoms with Crippen molar-refractivity contribution in [2.24, 2.45) is 0 Å². The first-order valence-electron chi connectivity index (χ1n) is 9.14. The van der Waals surface area contributed by atoms with Gasteiger partial charge in [0.2, 0.25) is 0 Å². The lowest BCUT2D eigenvalue weighted by atomic mass is 10.1. The topological polar surface area (TPSA) is 64.4 Å². The number of ether oxygens (including phenoxy) is 1. The van der Waals surface area contributed by atoms with E-state index in [2.05, 4.69) is 5.10 Å². The summed E-state index contributed by atoms with van der Waals surface area (Å²) in [6.45, 7) is 2.49. The van der Waals surface area contributed by atoms with Gasteiger partial charge in [-0.2, -0.15) is 5.10 Å².